The Bertz CT molecular complexity index is 1510. The number of amidine groups is 1. The molecule has 0 unspecified atom stereocenters. The number of aliphatic imine (C=N–C) groups is 1. The zero-order chi connectivity index (χ0) is 31.1. The van der Waals surface area contributed by atoms with E-state index in [-0.39, 0.29) is 42.0 Å². The SMILES string of the molecule is CC(C)c1ccc(Cl)cc1N1C(=O)CSC1=NC(=O)NCCc1ccc(CC(=O)Cc2ccc(OC(F)(F)F)cc2)cc1. The normalized spacial score (nSPS) is 14.4. The molecule has 0 radical (unpaired) electrons. The van der Waals surface area contributed by atoms with E-state index in [9.17, 15) is 27.6 Å². The van der Waals surface area contributed by atoms with Gasteiger partial charge in [0.15, 0.2) is 5.17 Å². The van der Waals surface area contributed by atoms with Gasteiger partial charge >= 0.3 is 12.4 Å². The Hall–Kier alpha value is -3.83. The van der Waals surface area contributed by atoms with Gasteiger partial charge in [0.05, 0.1) is 11.4 Å². The summed E-state index contributed by atoms with van der Waals surface area (Å²) in [5, 5.41) is 3.54. The van der Waals surface area contributed by atoms with Crippen molar-refractivity contribution in [2.45, 2.75) is 45.4 Å². The van der Waals surface area contributed by atoms with Crippen LogP contribution in [0.3, 0.4) is 0 Å². The van der Waals surface area contributed by atoms with Crippen molar-refractivity contribution in [3.63, 3.8) is 0 Å². The van der Waals surface area contributed by atoms with Gasteiger partial charge in [0.25, 0.3) is 0 Å². The average molecular weight is 632 g/mol. The zero-order valence-electron chi connectivity index (χ0n) is 23.4. The summed E-state index contributed by atoms with van der Waals surface area (Å²) in [6.45, 7) is 4.34. The van der Waals surface area contributed by atoms with Crippen molar-refractivity contribution in [3.8, 4) is 5.75 Å². The maximum absolute atomic E-state index is 12.7. The van der Waals surface area contributed by atoms with E-state index in [0.29, 0.717) is 34.4 Å². The highest BCUT2D eigenvalue weighted by atomic mass is 35.5. The van der Waals surface area contributed by atoms with E-state index >= 15 is 0 Å². The topological polar surface area (TPSA) is 88.1 Å². The molecule has 43 heavy (non-hydrogen) atoms. The summed E-state index contributed by atoms with van der Waals surface area (Å²) < 4.78 is 40.8. The van der Waals surface area contributed by atoms with Gasteiger partial charge in [-0.1, -0.05) is 79.7 Å². The third-order valence-corrected chi connectivity index (χ3v) is 7.65. The number of halogens is 4. The van der Waals surface area contributed by atoms with E-state index in [1.807, 2.05) is 44.2 Å². The van der Waals surface area contributed by atoms with E-state index in [0.717, 1.165) is 16.7 Å². The summed E-state index contributed by atoms with van der Waals surface area (Å²) >= 11 is 7.40. The summed E-state index contributed by atoms with van der Waals surface area (Å²) in [6, 6.07) is 17.4. The number of anilines is 1. The Morgan fingerprint density at radius 2 is 1.60 bits per heavy atom. The number of hydrogen-bond donors (Lipinski definition) is 1. The van der Waals surface area contributed by atoms with Crippen molar-refractivity contribution < 1.29 is 32.3 Å². The Morgan fingerprint density at radius 3 is 2.21 bits per heavy atom. The van der Waals surface area contributed by atoms with Gasteiger partial charge in [-0.15, -0.1) is 13.2 Å². The molecule has 0 aliphatic carbocycles. The van der Waals surface area contributed by atoms with Gasteiger partial charge < -0.3 is 10.1 Å². The minimum atomic E-state index is -4.77. The molecule has 0 aromatic heterocycles. The van der Waals surface area contributed by atoms with Crippen LogP contribution in [0.5, 0.6) is 5.75 Å². The first-order valence-electron chi connectivity index (χ1n) is 13.4. The molecule has 12 heteroatoms. The summed E-state index contributed by atoms with van der Waals surface area (Å²) in [5.41, 5.74) is 3.87. The van der Waals surface area contributed by atoms with E-state index in [1.165, 1.54) is 40.9 Å². The second-order valence-electron chi connectivity index (χ2n) is 10.2. The lowest BCUT2D eigenvalue weighted by atomic mass is 10.0. The number of hydrogen-bond acceptors (Lipinski definition) is 5. The van der Waals surface area contributed by atoms with Crippen LogP contribution in [0, 0.1) is 0 Å². The molecular formula is C31H29ClF3N3O4S. The summed E-state index contributed by atoms with van der Waals surface area (Å²) in [5.74, 6) is -0.288. The number of nitrogens with zero attached hydrogens (tertiary/aromatic N) is 2. The third kappa shape index (κ3) is 9.33. The van der Waals surface area contributed by atoms with Crippen LogP contribution in [0.1, 0.15) is 42.0 Å². The maximum atomic E-state index is 12.7. The lowest BCUT2D eigenvalue weighted by Gasteiger charge is -2.21. The van der Waals surface area contributed by atoms with Crippen molar-refractivity contribution in [3.05, 3.63) is 94.0 Å². The van der Waals surface area contributed by atoms with Crippen molar-refractivity contribution in [1.29, 1.82) is 0 Å². The first-order chi connectivity index (χ1) is 20.4. The molecule has 226 valence electrons. The van der Waals surface area contributed by atoms with Crippen molar-refractivity contribution in [2.24, 2.45) is 4.99 Å². The van der Waals surface area contributed by atoms with Crippen LogP contribution in [-0.4, -0.2) is 41.5 Å². The highest BCUT2D eigenvalue weighted by molar-refractivity contribution is 8.15. The molecular weight excluding hydrogens is 603 g/mol. The van der Waals surface area contributed by atoms with Crippen LogP contribution in [0.4, 0.5) is 23.7 Å². The molecule has 1 saturated heterocycles. The van der Waals surface area contributed by atoms with Crippen LogP contribution < -0.4 is 15.0 Å². The number of amides is 3. The molecule has 4 rings (SSSR count). The minimum Gasteiger partial charge on any atom is -0.406 e. The van der Waals surface area contributed by atoms with Gasteiger partial charge in [0.1, 0.15) is 11.5 Å². The van der Waals surface area contributed by atoms with Crippen LogP contribution >= 0.6 is 23.4 Å². The smallest absolute Gasteiger partial charge is 0.406 e. The van der Waals surface area contributed by atoms with E-state index in [2.05, 4.69) is 15.0 Å². The number of benzene rings is 3. The lowest BCUT2D eigenvalue weighted by Crippen LogP contribution is -2.32. The molecule has 1 aliphatic rings. The Balaban J connectivity index is 1.27. The van der Waals surface area contributed by atoms with Gasteiger partial charge in [0, 0.05) is 24.4 Å². The van der Waals surface area contributed by atoms with E-state index < -0.39 is 12.4 Å². The lowest BCUT2D eigenvalue weighted by molar-refractivity contribution is -0.274. The van der Waals surface area contributed by atoms with Crippen molar-refractivity contribution in [2.75, 3.05) is 17.2 Å². The summed E-state index contributed by atoms with van der Waals surface area (Å²) in [6.07, 6.45) is -3.98. The Labute approximate surface area is 256 Å². The van der Waals surface area contributed by atoms with Gasteiger partial charge in [0.2, 0.25) is 5.91 Å². The molecule has 3 aromatic carbocycles. The second-order valence-corrected chi connectivity index (χ2v) is 11.5. The molecule has 1 heterocycles. The Morgan fingerprint density at radius 1 is 1.00 bits per heavy atom. The number of carbonyl (C=O) groups is 3. The number of ketones is 1. The van der Waals surface area contributed by atoms with Gasteiger partial charge in [-0.3, -0.25) is 14.5 Å². The van der Waals surface area contributed by atoms with Crippen LogP contribution in [-0.2, 0) is 28.9 Å². The van der Waals surface area contributed by atoms with Crippen LogP contribution in [0.2, 0.25) is 5.02 Å². The molecule has 1 aliphatic heterocycles. The Kier molecular flexibility index (Phi) is 10.5. The number of Topliss-reactive ketones (excluding diaryl/α,β-unsaturated/α-hetero) is 1. The van der Waals surface area contributed by atoms with Crippen molar-refractivity contribution >= 4 is 51.9 Å². The maximum Gasteiger partial charge on any atom is 0.573 e. The molecule has 1 fully saturated rings. The predicted octanol–water partition coefficient (Wildman–Crippen LogP) is 7.10. The minimum absolute atomic E-state index is 0.0833. The average Bonchev–Trinajstić information content (AvgIpc) is 3.29. The fourth-order valence-electron chi connectivity index (χ4n) is 4.47. The number of carbonyl (C=O) groups excluding carboxylic acids is 3. The number of nitrogens with one attached hydrogen (secondary N) is 1. The molecule has 3 aromatic rings. The monoisotopic (exact) mass is 631 g/mol. The molecule has 0 bridgehead atoms. The quantitative estimate of drug-likeness (QED) is 0.258. The molecule has 0 saturated carbocycles. The van der Waals surface area contributed by atoms with E-state index in [4.69, 9.17) is 11.6 Å². The molecule has 7 nitrogen and oxygen atoms in total. The van der Waals surface area contributed by atoms with Gasteiger partial charge in [-0.05, 0) is 58.9 Å². The molecule has 3 amide bonds. The number of ether oxygens (including phenoxy) is 1. The molecule has 0 spiro atoms. The van der Waals surface area contributed by atoms with E-state index in [1.54, 1.807) is 12.1 Å². The summed E-state index contributed by atoms with van der Waals surface area (Å²) in [4.78, 5) is 43.3. The first-order valence-corrected chi connectivity index (χ1v) is 14.8. The molecule has 1 N–H and O–H groups in total. The third-order valence-electron chi connectivity index (χ3n) is 6.49. The fraction of sp³-hybridized carbons (Fsp3) is 0.290. The molecule has 0 atom stereocenters. The summed E-state index contributed by atoms with van der Waals surface area (Å²) in [7, 11) is 0. The van der Waals surface area contributed by atoms with Gasteiger partial charge in [-0.2, -0.15) is 4.99 Å². The first kappa shape index (κ1) is 32.1. The number of rotatable bonds is 10. The zero-order valence-corrected chi connectivity index (χ0v) is 25.0. The number of urea groups is 1. The second kappa shape index (κ2) is 14.1. The highest BCUT2D eigenvalue weighted by Gasteiger charge is 2.33. The van der Waals surface area contributed by atoms with Crippen molar-refractivity contribution in [1.82, 2.24) is 5.32 Å². The van der Waals surface area contributed by atoms with Crippen LogP contribution in [0.25, 0.3) is 0 Å². The van der Waals surface area contributed by atoms with Crippen LogP contribution in [0.15, 0.2) is 71.7 Å². The fourth-order valence-corrected chi connectivity index (χ4v) is 5.50. The number of alkyl halides is 3. The predicted molar refractivity (Wildman–Crippen MR) is 162 cm³/mol. The highest BCUT2D eigenvalue weighted by Crippen LogP contribution is 2.35. The standard InChI is InChI=1S/C31H29ClF3N3O4S/c1-19(2)26-12-9-23(32)17-27(26)38-28(40)18-43-30(38)37-29(41)36-14-13-20-3-5-21(6-4-20)15-24(39)16-22-7-10-25(11-8-22)42-31(33,34)35/h3-12,17,19H,13-16,18H2,1-2H3,(H,36,41). The largest absolute Gasteiger partial charge is 0.573 e. The number of thioether (sulfide) groups is 1. The van der Waals surface area contributed by atoms with Gasteiger partial charge in [-0.25, -0.2) is 4.79 Å².